The van der Waals surface area contributed by atoms with Gasteiger partial charge in [0, 0.05) is 18.3 Å². The second-order valence-corrected chi connectivity index (χ2v) is 7.26. The Balaban J connectivity index is 1.75. The van der Waals surface area contributed by atoms with Gasteiger partial charge in [0.25, 0.3) is 5.91 Å². The molecule has 0 fully saturated rings. The Morgan fingerprint density at radius 2 is 1.70 bits per heavy atom. The monoisotopic (exact) mass is 406 g/mol. The number of amides is 3. The van der Waals surface area contributed by atoms with E-state index in [1.165, 1.54) is 0 Å². The van der Waals surface area contributed by atoms with Crippen LogP contribution in [0.2, 0.25) is 0 Å². The van der Waals surface area contributed by atoms with Gasteiger partial charge in [-0.2, -0.15) is 5.10 Å². The van der Waals surface area contributed by atoms with E-state index in [0.717, 1.165) is 33.8 Å². The van der Waals surface area contributed by atoms with E-state index in [4.69, 9.17) is 5.10 Å². The number of imide groups is 1. The molecule has 7 nitrogen and oxygen atoms in total. The summed E-state index contributed by atoms with van der Waals surface area (Å²) in [5.41, 5.74) is 3.92. The smallest absolute Gasteiger partial charge is 0.321 e. The summed E-state index contributed by atoms with van der Waals surface area (Å²) >= 11 is 0. The second kappa shape index (κ2) is 10.4. The Kier molecular flexibility index (Phi) is 7.34. The molecule has 2 aromatic carbocycles. The first-order chi connectivity index (χ1) is 14.6. The Bertz CT molecular complexity index is 970. The highest BCUT2D eigenvalue weighted by molar-refractivity contribution is 5.94. The largest absolute Gasteiger partial charge is 0.338 e. The van der Waals surface area contributed by atoms with Crippen LogP contribution in [0.1, 0.15) is 18.9 Å². The van der Waals surface area contributed by atoms with Crippen molar-refractivity contribution < 1.29 is 14.5 Å². The standard InChI is InChI=1S/C23H27N5O2/c1-3-14-24-23(30)25-21(29)17-27(2)15-19-16-28(20-12-8-5-9-13-20)26-22(19)18-10-6-4-7-11-18/h4-13,16H,3,14-15,17H2,1-2H3,(H2,24,25,29,30)/p+1. The van der Waals surface area contributed by atoms with Gasteiger partial charge in [0.05, 0.1) is 18.3 Å². The van der Waals surface area contributed by atoms with Crippen LogP contribution in [0.25, 0.3) is 16.9 Å². The number of para-hydroxylation sites is 1. The lowest BCUT2D eigenvalue weighted by Crippen LogP contribution is -3.09. The van der Waals surface area contributed by atoms with E-state index in [2.05, 4.69) is 10.6 Å². The maximum absolute atomic E-state index is 12.2. The molecule has 0 aliphatic rings. The van der Waals surface area contributed by atoms with Gasteiger partial charge >= 0.3 is 6.03 Å². The molecular weight excluding hydrogens is 378 g/mol. The number of nitrogens with zero attached hydrogens (tertiary/aromatic N) is 2. The van der Waals surface area contributed by atoms with Gasteiger partial charge in [0.15, 0.2) is 6.54 Å². The van der Waals surface area contributed by atoms with Crippen molar-refractivity contribution in [2.45, 2.75) is 19.9 Å². The van der Waals surface area contributed by atoms with Crippen molar-refractivity contribution in [1.82, 2.24) is 20.4 Å². The SMILES string of the molecule is CCCNC(=O)NC(=O)C[NH+](C)Cc1cn(-c2ccccc2)nc1-c1ccccc1. The van der Waals surface area contributed by atoms with Crippen LogP contribution in [0.5, 0.6) is 0 Å². The second-order valence-electron chi connectivity index (χ2n) is 7.26. The van der Waals surface area contributed by atoms with Gasteiger partial charge in [-0.3, -0.25) is 10.1 Å². The summed E-state index contributed by atoms with van der Waals surface area (Å²) in [6.45, 7) is 3.28. The van der Waals surface area contributed by atoms with Gasteiger partial charge in [-0.1, -0.05) is 55.5 Å². The number of hydrogen-bond donors (Lipinski definition) is 3. The van der Waals surface area contributed by atoms with Crippen LogP contribution >= 0.6 is 0 Å². The van der Waals surface area contributed by atoms with Gasteiger partial charge in [0.1, 0.15) is 12.2 Å². The van der Waals surface area contributed by atoms with Gasteiger partial charge in [-0.25, -0.2) is 9.48 Å². The van der Waals surface area contributed by atoms with Gasteiger partial charge in [0.2, 0.25) is 0 Å². The summed E-state index contributed by atoms with van der Waals surface area (Å²) in [6.07, 6.45) is 2.83. The number of aromatic nitrogens is 2. The molecule has 0 bridgehead atoms. The zero-order valence-corrected chi connectivity index (χ0v) is 17.4. The number of rotatable bonds is 8. The van der Waals surface area contributed by atoms with Crippen LogP contribution in [0.3, 0.4) is 0 Å². The zero-order valence-electron chi connectivity index (χ0n) is 17.4. The van der Waals surface area contributed by atoms with Crippen molar-refractivity contribution in [1.29, 1.82) is 0 Å². The van der Waals surface area contributed by atoms with E-state index in [-0.39, 0.29) is 12.5 Å². The number of urea groups is 1. The van der Waals surface area contributed by atoms with Crippen molar-refractivity contribution in [2.24, 2.45) is 0 Å². The molecule has 0 radical (unpaired) electrons. The van der Waals surface area contributed by atoms with Crippen molar-refractivity contribution in [3.05, 3.63) is 72.4 Å². The highest BCUT2D eigenvalue weighted by Gasteiger charge is 2.18. The molecule has 1 unspecified atom stereocenters. The van der Waals surface area contributed by atoms with Crippen LogP contribution in [0, 0.1) is 0 Å². The molecule has 156 valence electrons. The maximum atomic E-state index is 12.2. The summed E-state index contributed by atoms with van der Waals surface area (Å²) in [5, 5.41) is 9.83. The minimum atomic E-state index is -0.448. The van der Waals surface area contributed by atoms with Gasteiger partial charge in [-0.05, 0) is 18.6 Å². The first kappa shape index (κ1) is 21.3. The highest BCUT2D eigenvalue weighted by Crippen LogP contribution is 2.23. The quantitative estimate of drug-likeness (QED) is 0.534. The number of carbonyl (C=O) groups is 2. The molecule has 3 aromatic rings. The van der Waals surface area contributed by atoms with E-state index in [1.807, 2.05) is 85.5 Å². The van der Waals surface area contributed by atoms with Crippen LogP contribution in [0.4, 0.5) is 4.79 Å². The summed E-state index contributed by atoms with van der Waals surface area (Å²) in [6, 6.07) is 19.5. The number of nitrogens with one attached hydrogen (secondary N) is 3. The fourth-order valence-corrected chi connectivity index (χ4v) is 3.21. The van der Waals surface area contributed by atoms with E-state index < -0.39 is 6.03 Å². The van der Waals surface area contributed by atoms with E-state index >= 15 is 0 Å². The molecule has 1 aromatic heterocycles. The van der Waals surface area contributed by atoms with Crippen molar-refractivity contribution >= 4 is 11.9 Å². The summed E-state index contributed by atoms with van der Waals surface area (Å²) in [7, 11) is 1.93. The van der Waals surface area contributed by atoms with Crippen molar-refractivity contribution in [2.75, 3.05) is 20.1 Å². The zero-order chi connectivity index (χ0) is 21.3. The average molecular weight is 407 g/mol. The van der Waals surface area contributed by atoms with Crippen molar-refractivity contribution in [3.8, 4) is 16.9 Å². The Hall–Kier alpha value is -3.45. The summed E-state index contributed by atoms with van der Waals surface area (Å²) in [4.78, 5) is 24.8. The van der Waals surface area contributed by atoms with E-state index in [9.17, 15) is 9.59 Å². The normalized spacial score (nSPS) is 11.7. The number of hydrogen-bond acceptors (Lipinski definition) is 3. The number of quaternary nitrogens is 1. The Labute approximate surface area is 176 Å². The minimum Gasteiger partial charge on any atom is -0.338 e. The number of carbonyl (C=O) groups excluding carboxylic acids is 2. The summed E-state index contributed by atoms with van der Waals surface area (Å²) in [5.74, 6) is -0.308. The lowest BCUT2D eigenvalue weighted by atomic mass is 10.1. The predicted octanol–water partition coefficient (Wildman–Crippen LogP) is 1.79. The lowest BCUT2D eigenvalue weighted by molar-refractivity contribution is -0.885. The van der Waals surface area contributed by atoms with Crippen LogP contribution in [0.15, 0.2) is 66.9 Å². The Morgan fingerprint density at radius 3 is 2.37 bits per heavy atom. The average Bonchev–Trinajstić information content (AvgIpc) is 3.17. The number of likely N-dealkylation sites (N-methyl/N-ethyl adjacent to an activating group) is 1. The summed E-state index contributed by atoms with van der Waals surface area (Å²) < 4.78 is 1.86. The third kappa shape index (κ3) is 5.78. The molecular formula is C23H28N5O2+. The van der Waals surface area contributed by atoms with E-state index in [1.54, 1.807) is 0 Å². The lowest BCUT2D eigenvalue weighted by Gasteiger charge is -2.13. The molecule has 3 rings (SSSR count). The molecule has 0 saturated carbocycles. The van der Waals surface area contributed by atoms with Gasteiger partial charge in [-0.15, -0.1) is 0 Å². The maximum Gasteiger partial charge on any atom is 0.321 e. The fourth-order valence-electron chi connectivity index (χ4n) is 3.21. The fraction of sp³-hybridized carbons (Fsp3) is 0.261. The third-order valence-electron chi connectivity index (χ3n) is 4.60. The molecule has 1 heterocycles. The van der Waals surface area contributed by atoms with Crippen molar-refractivity contribution in [3.63, 3.8) is 0 Å². The van der Waals surface area contributed by atoms with Gasteiger partial charge < -0.3 is 10.2 Å². The molecule has 0 aliphatic carbocycles. The van der Waals surface area contributed by atoms with Crippen LogP contribution in [-0.4, -0.2) is 41.9 Å². The van der Waals surface area contributed by atoms with Crippen LogP contribution < -0.4 is 15.5 Å². The highest BCUT2D eigenvalue weighted by atomic mass is 16.2. The molecule has 7 heteroatoms. The van der Waals surface area contributed by atoms with E-state index in [0.29, 0.717) is 13.1 Å². The molecule has 30 heavy (non-hydrogen) atoms. The first-order valence-corrected chi connectivity index (χ1v) is 10.1. The minimum absolute atomic E-state index is 0.185. The Morgan fingerprint density at radius 1 is 1.03 bits per heavy atom. The topological polar surface area (TPSA) is 80.5 Å². The molecule has 0 aliphatic heterocycles. The molecule has 0 spiro atoms. The predicted molar refractivity (Wildman–Crippen MR) is 116 cm³/mol. The molecule has 1 atom stereocenters. The molecule has 3 amide bonds. The van der Waals surface area contributed by atoms with Crippen LogP contribution in [-0.2, 0) is 11.3 Å². The first-order valence-electron chi connectivity index (χ1n) is 10.1. The number of benzene rings is 2. The molecule has 0 saturated heterocycles. The third-order valence-corrected chi connectivity index (χ3v) is 4.60. The molecule has 3 N–H and O–H groups in total.